The monoisotopic (exact) mass is 179 g/mol. The molecule has 2 rings (SSSR count). The average Bonchev–Trinajstić information content (AvgIpc) is 2.53. The van der Waals surface area contributed by atoms with Crippen LogP contribution in [0.15, 0.2) is 24.7 Å². The van der Waals surface area contributed by atoms with Crippen molar-refractivity contribution >= 4 is 5.95 Å². The first-order valence-corrected chi connectivity index (χ1v) is 3.55. The van der Waals surface area contributed by atoms with Crippen molar-refractivity contribution < 1.29 is 4.39 Å². The van der Waals surface area contributed by atoms with Crippen molar-refractivity contribution in [3.63, 3.8) is 0 Å². The second-order valence-electron chi connectivity index (χ2n) is 2.36. The number of hydrogen-bond donors (Lipinski definition) is 1. The highest BCUT2D eigenvalue weighted by Crippen LogP contribution is 2.06. The Balaban J connectivity index is 2.47. The molecule has 66 valence electrons. The number of nitrogens with two attached hydrogens (primary N) is 1. The van der Waals surface area contributed by atoms with Crippen LogP contribution in [0, 0.1) is 5.82 Å². The predicted molar refractivity (Wildman–Crippen MR) is 43.5 cm³/mol. The van der Waals surface area contributed by atoms with Gasteiger partial charge in [-0.2, -0.15) is 14.8 Å². The number of anilines is 1. The number of nitrogens with zero attached hydrogens (tertiary/aromatic N) is 4. The van der Waals surface area contributed by atoms with Crippen LogP contribution in [0.5, 0.6) is 0 Å². The Morgan fingerprint density at radius 2 is 2.15 bits per heavy atom. The van der Waals surface area contributed by atoms with E-state index in [9.17, 15) is 4.39 Å². The van der Waals surface area contributed by atoms with Crippen molar-refractivity contribution in [2.45, 2.75) is 0 Å². The van der Waals surface area contributed by atoms with E-state index in [1.807, 2.05) is 0 Å². The van der Waals surface area contributed by atoms with Crippen LogP contribution in [0.4, 0.5) is 10.3 Å². The van der Waals surface area contributed by atoms with E-state index in [-0.39, 0.29) is 5.95 Å². The molecule has 0 bridgehead atoms. The fourth-order valence-corrected chi connectivity index (χ4v) is 0.920. The SMILES string of the molecule is Nc1ncnn1-c1ccc(F)cn1. The largest absolute Gasteiger partial charge is 0.368 e. The molecule has 0 aromatic carbocycles. The molecular weight excluding hydrogens is 173 g/mol. The molecule has 0 amide bonds. The molecule has 0 aliphatic heterocycles. The van der Waals surface area contributed by atoms with E-state index in [0.29, 0.717) is 5.82 Å². The van der Waals surface area contributed by atoms with Crippen LogP contribution in [0.3, 0.4) is 0 Å². The van der Waals surface area contributed by atoms with Crippen LogP contribution >= 0.6 is 0 Å². The molecule has 6 heteroatoms. The molecule has 2 N–H and O–H groups in total. The molecular formula is C7H6FN5. The Hall–Kier alpha value is -1.98. The number of nitrogen functional groups attached to an aromatic ring is 1. The lowest BCUT2D eigenvalue weighted by Gasteiger charge is -1.99. The van der Waals surface area contributed by atoms with Crippen molar-refractivity contribution in [2.24, 2.45) is 0 Å². The molecule has 0 aliphatic carbocycles. The minimum Gasteiger partial charge on any atom is -0.368 e. The molecule has 5 nitrogen and oxygen atoms in total. The summed E-state index contributed by atoms with van der Waals surface area (Å²) in [5, 5.41) is 3.81. The van der Waals surface area contributed by atoms with Gasteiger partial charge in [0.15, 0.2) is 5.82 Å². The highest BCUT2D eigenvalue weighted by Gasteiger charge is 2.02. The first-order valence-electron chi connectivity index (χ1n) is 3.55. The summed E-state index contributed by atoms with van der Waals surface area (Å²) in [4.78, 5) is 7.50. The summed E-state index contributed by atoms with van der Waals surface area (Å²) in [7, 11) is 0. The highest BCUT2D eigenvalue weighted by molar-refractivity contribution is 5.29. The molecule has 2 heterocycles. The standard InChI is InChI=1S/C7H6FN5/c8-5-1-2-6(10-3-5)13-7(9)11-4-12-13/h1-4H,(H2,9,11,12). The van der Waals surface area contributed by atoms with Crippen molar-refractivity contribution in [3.05, 3.63) is 30.5 Å². The molecule has 2 aromatic rings. The van der Waals surface area contributed by atoms with Gasteiger partial charge in [0.05, 0.1) is 6.20 Å². The third kappa shape index (κ3) is 1.33. The maximum Gasteiger partial charge on any atom is 0.224 e. The van der Waals surface area contributed by atoms with Crippen molar-refractivity contribution in [3.8, 4) is 5.82 Å². The first kappa shape index (κ1) is 7.66. The third-order valence-corrected chi connectivity index (χ3v) is 1.50. The van der Waals surface area contributed by atoms with Gasteiger partial charge >= 0.3 is 0 Å². The van der Waals surface area contributed by atoms with Crippen molar-refractivity contribution in [1.29, 1.82) is 0 Å². The predicted octanol–water partition coefficient (Wildman–Crippen LogP) is 0.384. The van der Waals surface area contributed by atoms with E-state index in [0.717, 1.165) is 6.20 Å². The summed E-state index contributed by atoms with van der Waals surface area (Å²) in [6.07, 6.45) is 2.40. The zero-order valence-electron chi connectivity index (χ0n) is 6.55. The fraction of sp³-hybridized carbons (Fsp3) is 0. The summed E-state index contributed by atoms with van der Waals surface area (Å²) in [5.74, 6) is 0.262. The Morgan fingerprint density at radius 1 is 1.31 bits per heavy atom. The Kier molecular flexibility index (Phi) is 1.66. The summed E-state index contributed by atoms with van der Waals surface area (Å²) in [5.41, 5.74) is 5.47. The van der Waals surface area contributed by atoms with Crippen LogP contribution < -0.4 is 5.73 Å². The van der Waals surface area contributed by atoms with E-state index in [4.69, 9.17) is 5.73 Å². The molecule has 13 heavy (non-hydrogen) atoms. The smallest absolute Gasteiger partial charge is 0.224 e. The second-order valence-corrected chi connectivity index (χ2v) is 2.36. The highest BCUT2D eigenvalue weighted by atomic mass is 19.1. The van der Waals surface area contributed by atoms with Gasteiger partial charge in [0.25, 0.3) is 0 Å². The van der Waals surface area contributed by atoms with E-state index < -0.39 is 5.82 Å². The minimum absolute atomic E-state index is 0.221. The lowest BCUT2D eigenvalue weighted by Crippen LogP contribution is -2.04. The number of hydrogen-bond acceptors (Lipinski definition) is 4. The topological polar surface area (TPSA) is 69.6 Å². The Bertz CT molecular complexity index is 407. The van der Waals surface area contributed by atoms with Gasteiger partial charge in [-0.15, -0.1) is 0 Å². The maximum atomic E-state index is 12.5. The van der Waals surface area contributed by atoms with E-state index in [1.165, 1.54) is 23.1 Å². The summed E-state index contributed by atoms with van der Waals surface area (Å²) in [6.45, 7) is 0. The molecule has 0 fully saturated rings. The zero-order chi connectivity index (χ0) is 9.26. The maximum absolute atomic E-state index is 12.5. The van der Waals surface area contributed by atoms with Gasteiger partial charge in [0.1, 0.15) is 12.1 Å². The molecule has 0 unspecified atom stereocenters. The summed E-state index contributed by atoms with van der Waals surface area (Å²) >= 11 is 0. The van der Waals surface area contributed by atoms with Gasteiger partial charge in [0.2, 0.25) is 5.95 Å². The van der Waals surface area contributed by atoms with Gasteiger partial charge in [0, 0.05) is 0 Å². The quantitative estimate of drug-likeness (QED) is 0.687. The normalized spacial score (nSPS) is 10.2. The molecule has 0 saturated heterocycles. The van der Waals surface area contributed by atoms with Gasteiger partial charge in [-0.25, -0.2) is 9.37 Å². The molecule has 0 atom stereocenters. The summed E-state index contributed by atoms with van der Waals surface area (Å²) < 4.78 is 13.8. The van der Waals surface area contributed by atoms with E-state index in [2.05, 4.69) is 15.1 Å². The number of rotatable bonds is 1. The molecule has 0 aliphatic rings. The fourth-order valence-electron chi connectivity index (χ4n) is 0.920. The van der Waals surface area contributed by atoms with Crippen LogP contribution in [0.2, 0.25) is 0 Å². The molecule has 0 saturated carbocycles. The minimum atomic E-state index is -0.401. The zero-order valence-corrected chi connectivity index (χ0v) is 6.55. The van der Waals surface area contributed by atoms with Gasteiger partial charge < -0.3 is 5.73 Å². The lowest BCUT2D eigenvalue weighted by molar-refractivity contribution is 0.619. The van der Waals surface area contributed by atoms with E-state index in [1.54, 1.807) is 0 Å². The van der Waals surface area contributed by atoms with Crippen LogP contribution in [-0.4, -0.2) is 19.7 Å². The van der Waals surface area contributed by atoms with Crippen molar-refractivity contribution in [2.75, 3.05) is 5.73 Å². The van der Waals surface area contributed by atoms with Crippen LogP contribution in [0.1, 0.15) is 0 Å². The second kappa shape index (κ2) is 2.81. The van der Waals surface area contributed by atoms with Gasteiger partial charge in [-0.3, -0.25) is 0 Å². The molecule has 0 radical (unpaired) electrons. The Morgan fingerprint density at radius 3 is 2.69 bits per heavy atom. The van der Waals surface area contributed by atoms with Crippen LogP contribution in [0.25, 0.3) is 5.82 Å². The Labute approximate surface area is 73.0 Å². The number of pyridine rings is 1. The van der Waals surface area contributed by atoms with Gasteiger partial charge in [-0.05, 0) is 12.1 Å². The van der Waals surface area contributed by atoms with Crippen molar-refractivity contribution in [1.82, 2.24) is 19.7 Å². The number of aromatic nitrogens is 4. The summed E-state index contributed by atoms with van der Waals surface area (Å²) in [6, 6.07) is 2.75. The molecule has 0 spiro atoms. The molecule has 2 aromatic heterocycles. The third-order valence-electron chi connectivity index (χ3n) is 1.50. The van der Waals surface area contributed by atoms with Crippen LogP contribution in [-0.2, 0) is 0 Å². The van der Waals surface area contributed by atoms with Gasteiger partial charge in [-0.1, -0.05) is 0 Å². The first-order chi connectivity index (χ1) is 6.27. The van der Waals surface area contributed by atoms with E-state index >= 15 is 0 Å². The number of halogens is 1. The lowest BCUT2D eigenvalue weighted by atomic mass is 10.4. The average molecular weight is 179 g/mol.